The van der Waals surface area contributed by atoms with E-state index in [1.807, 2.05) is 13.8 Å². The molecule has 1 amide bonds. The fourth-order valence-electron chi connectivity index (χ4n) is 1.46. The molecule has 0 fully saturated rings. The quantitative estimate of drug-likeness (QED) is 0.878. The molecular formula is C12H16BrFN2O. The number of carbonyl (C=O) groups excluding carboxylic acids is 1. The number of primary amides is 1. The Labute approximate surface area is 109 Å². The number of benzene rings is 1. The summed E-state index contributed by atoms with van der Waals surface area (Å²) in [6.07, 6.45) is 0.833. The molecule has 0 aliphatic rings. The van der Waals surface area contributed by atoms with E-state index in [1.165, 1.54) is 6.07 Å². The van der Waals surface area contributed by atoms with Crippen molar-refractivity contribution < 1.29 is 9.18 Å². The molecule has 17 heavy (non-hydrogen) atoms. The van der Waals surface area contributed by atoms with Gasteiger partial charge in [0.1, 0.15) is 11.9 Å². The molecule has 0 heterocycles. The first-order valence-corrected chi connectivity index (χ1v) is 6.25. The lowest BCUT2D eigenvalue weighted by Gasteiger charge is -2.20. The minimum atomic E-state index is -0.803. The van der Waals surface area contributed by atoms with Crippen LogP contribution in [0.2, 0.25) is 0 Å². The molecule has 0 radical (unpaired) electrons. The highest BCUT2D eigenvalue weighted by atomic mass is 79.9. The maximum atomic E-state index is 13.7. The Hall–Kier alpha value is -0.940. The molecule has 2 atom stereocenters. The topological polar surface area (TPSA) is 55.1 Å². The van der Waals surface area contributed by atoms with E-state index >= 15 is 0 Å². The number of nitrogens with one attached hydrogen (secondary N) is 1. The van der Waals surface area contributed by atoms with E-state index in [0.717, 1.165) is 6.42 Å². The van der Waals surface area contributed by atoms with Gasteiger partial charge in [0.15, 0.2) is 0 Å². The Balaban J connectivity index is 3.05. The van der Waals surface area contributed by atoms with E-state index in [2.05, 4.69) is 21.2 Å². The first-order valence-electron chi connectivity index (χ1n) is 5.46. The Morgan fingerprint density at radius 3 is 2.76 bits per heavy atom. The van der Waals surface area contributed by atoms with Gasteiger partial charge in [-0.05, 0) is 31.5 Å². The highest BCUT2D eigenvalue weighted by molar-refractivity contribution is 9.10. The number of amides is 1. The number of carbonyl (C=O) groups is 1. The van der Waals surface area contributed by atoms with Crippen LogP contribution in [0.4, 0.5) is 4.39 Å². The third kappa shape index (κ3) is 3.78. The summed E-state index contributed by atoms with van der Waals surface area (Å²) < 4.78 is 14.4. The van der Waals surface area contributed by atoms with E-state index in [1.54, 1.807) is 12.1 Å². The van der Waals surface area contributed by atoms with Crippen LogP contribution in [0.1, 0.15) is 31.9 Å². The minimum Gasteiger partial charge on any atom is -0.368 e. The van der Waals surface area contributed by atoms with Crippen LogP contribution in [0, 0.1) is 5.82 Å². The van der Waals surface area contributed by atoms with Gasteiger partial charge in [-0.2, -0.15) is 0 Å². The van der Waals surface area contributed by atoms with Crippen molar-refractivity contribution in [3.05, 3.63) is 34.1 Å². The second kappa shape index (κ2) is 6.12. The van der Waals surface area contributed by atoms with Crippen molar-refractivity contribution >= 4 is 21.8 Å². The zero-order chi connectivity index (χ0) is 13.0. The van der Waals surface area contributed by atoms with E-state index in [4.69, 9.17) is 5.73 Å². The van der Waals surface area contributed by atoms with Gasteiger partial charge in [0.25, 0.3) is 0 Å². The summed E-state index contributed by atoms with van der Waals surface area (Å²) in [6.45, 7) is 3.90. The largest absolute Gasteiger partial charge is 0.368 e. The second-order valence-electron chi connectivity index (χ2n) is 3.98. The number of nitrogens with two attached hydrogens (primary N) is 1. The standard InChI is InChI=1S/C12H16BrFN2O/c1-3-7(2)16-11(12(15)17)9-6-8(13)4-5-10(9)14/h4-7,11,16H,3H2,1-2H3,(H2,15,17). The van der Waals surface area contributed by atoms with Crippen LogP contribution < -0.4 is 11.1 Å². The first kappa shape index (κ1) is 14.1. The zero-order valence-corrected chi connectivity index (χ0v) is 11.4. The molecule has 2 unspecified atom stereocenters. The van der Waals surface area contributed by atoms with Gasteiger partial charge in [-0.3, -0.25) is 10.1 Å². The number of hydrogen-bond acceptors (Lipinski definition) is 2. The summed E-state index contributed by atoms with van der Waals surface area (Å²) in [6, 6.07) is 3.75. The minimum absolute atomic E-state index is 0.0888. The van der Waals surface area contributed by atoms with E-state index in [-0.39, 0.29) is 11.6 Å². The van der Waals surface area contributed by atoms with Gasteiger partial charge in [-0.25, -0.2) is 4.39 Å². The van der Waals surface area contributed by atoms with Crippen molar-refractivity contribution in [1.82, 2.24) is 5.32 Å². The molecular weight excluding hydrogens is 287 g/mol. The molecule has 3 nitrogen and oxygen atoms in total. The molecule has 94 valence electrons. The summed E-state index contributed by atoms with van der Waals surface area (Å²) in [5.74, 6) is -1.02. The lowest BCUT2D eigenvalue weighted by Crippen LogP contribution is -2.39. The van der Waals surface area contributed by atoms with E-state index in [0.29, 0.717) is 4.47 Å². The molecule has 0 saturated heterocycles. The van der Waals surface area contributed by atoms with Crippen molar-refractivity contribution in [3.63, 3.8) is 0 Å². The average molecular weight is 303 g/mol. The molecule has 0 bridgehead atoms. The summed E-state index contributed by atoms with van der Waals surface area (Å²) in [4.78, 5) is 11.4. The highest BCUT2D eigenvalue weighted by Crippen LogP contribution is 2.22. The van der Waals surface area contributed by atoms with Crippen LogP contribution >= 0.6 is 15.9 Å². The molecule has 0 spiro atoms. The third-order valence-corrected chi connectivity index (χ3v) is 3.11. The van der Waals surface area contributed by atoms with Gasteiger partial charge >= 0.3 is 0 Å². The molecule has 0 aliphatic carbocycles. The Morgan fingerprint density at radius 2 is 2.24 bits per heavy atom. The number of hydrogen-bond donors (Lipinski definition) is 2. The maximum absolute atomic E-state index is 13.7. The summed E-state index contributed by atoms with van der Waals surface area (Å²) in [5, 5.41) is 3.02. The number of rotatable bonds is 5. The van der Waals surface area contributed by atoms with Crippen molar-refractivity contribution in [2.75, 3.05) is 0 Å². The Morgan fingerprint density at radius 1 is 1.59 bits per heavy atom. The molecule has 0 saturated carbocycles. The van der Waals surface area contributed by atoms with Crippen LogP contribution in [0.25, 0.3) is 0 Å². The van der Waals surface area contributed by atoms with Crippen LogP contribution in [0.5, 0.6) is 0 Å². The molecule has 3 N–H and O–H groups in total. The van der Waals surface area contributed by atoms with Gasteiger partial charge < -0.3 is 5.73 Å². The van der Waals surface area contributed by atoms with Gasteiger partial charge in [-0.1, -0.05) is 22.9 Å². The predicted octanol–water partition coefficient (Wildman–Crippen LogP) is 2.50. The van der Waals surface area contributed by atoms with Crippen molar-refractivity contribution in [2.24, 2.45) is 5.73 Å². The van der Waals surface area contributed by atoms with Crippen molar-refractivity contribution in [2.45, 2.75) is 32.4 Å². The van der Waals surface area contributed by atoms with Crippen LogP contribution in [-0.4, -0.2) is 11.9 Å². The van der Waals surface area contributed by atoms with E-state index < -0.39 is 17.8 Å². The van der Waals surface area contributed by atoms with Gasteiger partial charge in [0, 0.05) is 16.1 Å². The molecule has 1 aromatic carbocycles. The van der Waals surface area contributed by atoms with Crippen LogP contribution in [-0.2, 0) is 4.79 Å². The summed E-state index contributed by atoms with van der Waals surface area (Å²) in [5.41, 5.74) is 5.58. The molecule has 0 aromatic heterocycles. The number of halogens is 2. The predicted molar refractivity (Wildman–Crippen MR) is 68.9 cm³/mol. The van der Waals surface area contributed by atoms with Gasteiger partial charge in [0.2, 0.25) is 5.91 Å². The lowest BCUT2D eigenvalue weighted by atomic mass is 10.0. The monoisotopic (exact) mass is 302 g/mol. The van der Waals surface area contributed by atoms with Crippen LogP contribution in [0.15, 0.2) is 22.7 Å². The van der Waals surface area contributed by atoms with Gasteiger partial charge in [-0.15, -0.1) is 0 Å². The van der Waals surface area contributed by atoms with Crippen LogP contribution in [0.3, 0.4) is 0 Å². The molecule has 1 rings (SSSR count). The van der Waals surface area contributed by atoms with Crippen molar-refractivity contribution in [3.8, 4) is 0 Å². The van der Waals surface area contributed by atoms with Gasteiger partial charge in [0.05, 0.1) is 0 Å². The first-order chi connectivity index (χ1) is 7.95. The summed E-state index contributed by atoms with van der Waals surface area (Å²) >= 11 is 3.25. The Bertz CT molecular complexity index is 411. The fraction of sp³-hybridized carbons (Fsp3) is 0.417. The normalized spacial score (nSPS) is 14.4. The summed E-state index contributed by atoms with van der Waals surface area (Å²) in [7, 11) is 0. The highest BCUT2D eigenvalue weighted by Gasteiger charge is 2.22. The fourth-order valence-corrected chi connectivity index (χ4v) is 1.84. The van der Waals surface area contributed by atoms with Crippen molar-refractivity contribution in [1.29, 1.82) is 0 Å². The average Bonchev–Trinajstić information content (AvgIpc) is 2.28. The molecule has 5 heteroatoms. The molecule has 1 aromatic rings. The molecule has 0 aliphatic heterocycles. The maximum Gasteiger partial charge on any atom is 0.239 e. The lowest BCUT2D eigenvalue weighted by molar-refractivity contribution is -0.120. The Kier molecular flexibility index (Phi) is 5.08. The second-order valence-corrected chi connectivity index (χ2v) is 4.89. The third-order valence-electron chi connectivity index (χ3n) is 2.62. The SMILES string of the molecule is CCC(C)NC(C(N)=O)c1cc(Br)ccc1F. The van der Waals surface area contributed by atoms with E-state index in [9.17, 15) is 9.18 Å². The zero-order valence-electron chi connectivity index (χ0n) is 9.84. The smallest absolute Gasteiger partial charge is 0.239 e.